The van der Waals surface area contributed by atoms with Crippen molar-refractivity contribution in [2.45, 2.75) is 20.8 Å². The molecule has 0 saturated carbocycles. The normalized spacial score (nSPS) is 11.2. The SMILES string of the molecule is C=C(C)C(=O)OCCO[Si](OCC)(OCC)c1ccccc1. The van der Waals surface area contributed by atoms with Gasteiger partial charge in [-0.1, -0.05) is 36.9 Å². The first-order valence-corrected chi connectivity index (χ1v) is 9.08. The Balaban J connectivity index is 2.74. The molecule has 0 heterocycles. The Hall–Kier alpha value is -1.47. The van der Waals surface area contributed by atoms with Gasteiger partial charge in [0.2, 0.25) is 0 Å². The molecule has 0 aliphatic carbocycles. The van der Waals surface area contributed by atoms with Crippen LogP contribution in [0, 0.1) is 0 Å². The third-order valence-corrected chi connectivity index (χ3v) is 5.72. The molecular weight excluding hydrogens is 300 g/mol. The first-order valence-electron chi connectivity index (χ1n) is 7.35. The van der Waals surface area contributed by atoms with Gasteiger partial charge in [0, 0.05) is 24.0 Å². The molecule has 0 aromatic heterocycles. The van der Waals surface area contributed by atoms with Gasteiger partial charge in [0.05, 0.1) is 6.61 Å². The zero-order chi connectivity index (χ0) is 16.4. The summed E-state index contributed by atoms with van der Waals surface area (Å²) in [5.41, 5.74) is 0.362. The lowest BCUT2D eigenvalue weighted by molar-refractivity contribution is -0.140. The van der Waals surface area contributed by atoms with Crippen molar-refractivity contribution in [3.8, 4) is 0 Å². The molecule has 0 atom stereocenters. The minimum Gasteiger partial charge on any atom is -0.460 e. The second-order valence-electron chi connectivity index (χ2n) is 4.55. The van der Waals surface area contributed by atoms with Gasteiger partial charge in [0.25, 0.3) is 0 Å². The zero-order valence-corrected chi connectivity index (χ0v) is 14.5. The fourth-order valence-corrected chi connectivity index (χ4v) is 4.29. The Kier molecular flexibility index (Phi) is 8.04. The summed E-state index contributed by atoms with van der Waals surface area (Å²) < 4.78 is 22.6. The maximum Gasteiger partial charge on any atom is 0.537 e. The molecule has 1 aromatic carbocycles. The molecule has 0 amide bonds. The van der Waals surface area contributed by atoms with E-state index in [1.54, 1.807) is 6.92 Å². The third-order valence-electron chi connectivity index (χ3n) is 2.75. The number of ether oxygens (including phenoxy) is 1. The second kappa shape index (κ2) is 9.53. The van der Waals surface area contributed by atoms with Crippen molar-refractivity contribution >= 4 is 20.0 Å². The van der Waals surface area contributed by atoms with Crippen molar-refractivity contribution in [1.82, 2.24) is 0 Å². The molecule has 0 unspecified atom stereocenters. The third kappa shape index (κ3) is 5.38. The molecule has 0 fully saturated rings. The maximum atomic E-state index is 11.4. The summed E-state index contributed by atoms with van der Waals surface area (Å²) in [6, 6.07) is 9.61. The van der Waals surface area contributed by atoms with E-state index >= 15 is 0 Å². The summed E-state index contributed by atoms with van der Waals surface area (Å²) in [4.78, 5) is 11.4. The molecule has 5 nitrogen and oxygen atoms in total. The first-order chi connectivity index (χ1) is 10.6. The highest BCUT2D eigenvalue weighted by Crippen LogP contribution is 2.11. The predicted octanol–water partition coefficient (Wildman–Crippen LogP) is 2.04. The highest BCUT2D eigenvalue weighted by molar-refractivity contribution is 6.75. The van der Waals surface area contributed by atoms with Crippen molar-refractivity contribution in [2.24, 2.45) is 0 Å². The van der Waals surface area contributed by atoms with E-state index in [4.69, 9.17) is 18.0 Å². The Morgan fingerprint density at radius 2 is 1.64 bits per heavy atom. The Morgan fingerprint density at radius 1 is 1.05 bits per heavy atom. The Labute approximate surface area is 133 Å². The van der Waals surface area contributed by atoms with Crippen molar-refractivity contribution < 1.29 is 22.8 Å². The number of hydrogen-bond acceptors (Lipinski definition) is 5. The molecule has 1 rings (SSSR count). The molecule has 0 spiro atoms. The number of hydrogen-bond donors (Lipinski definition) is 0. The summed E-state index contributed by atoms with van der Waals surface area (Å²) in [5.74, 6) is -0.427. The number of esters is 1. The molecule has 0 saturated heterocycles. The monoisotopic (exact) mass is 324 g/mol. The molecule has 0 N–H and O–H groups in total. The van der Waals surface area contributed by atoms with Crippen molar-refractivity contribution in [3.05, 3.63) is 42.5 Å². The largest absolute Gasteiger partial charge is 0.537 e. The lowest BCUT2D eigenvalue weighted by Crippen LogP contribution is -2.57. The van der Waals surface area contributed by atoms with Gasteiger partial charge >= 0.3 is 14.8 Å². The lowest BCUT2D eigenvalue weighted by atomic mass is 10.4. The van der Waals surface area contributed by atoms with Crippen LogP contribution < -0.4 is 5.19 Å². The number of benzene rings is 1. The van der Waals surface area contributed by atoms with E-state index in [1.165, 1.54) is 0 Å². The van der Waals surface area contributed by atoms with Crippen LogP contribution in [0.5, 0.6) is 0 Å². The van der Waals surface area contributed by atoms with Gasteiger partial charge < -0.3 is 18.0 Å². The molecule has 122 valence electrons. The van der Waals surface area contributed by atoms with Crippen LogP contribution in [0.2, 0.25) is 0 Å². The van der Waals surface area contributed by atoms with Gasteiger partial charge in [-0.3, -0.25) is 0 Å². The smallest absolute Gasteiger partial charge is 0.460 e. The van der Waals surface area contributed by atoms with Gasteiger partial charge in [0.15, 0.2) is 0 Å². The van der Waals surface area contributed by atoms with E-state index in [2.05, 4.69) is 6.58 Å². The standard InChI is InChI=1S/C16H24O5Si/c1-5-19-22(20-6-2,15-10-8-7-9-11-15)21-13-12-18-16(17)14(3)4/h7-11H,3,5-6,12-13H2,1-2,4H3. The van der Waals surface area contributed by atoms with E-state index in [0.717, 1.165) is 5.19 Å². The van der Waals surface area contributed by atoms with Crippen LogP contribution in [0.1, 0.15) is 20.8 Å². The number of carbonyl (C=O) groups is 1. The maximum absolute atomic E-state index is 11.4. The van der Waals surface area contributed by atoms with E-state index in [-0.39, 0.29) is 13.2 Å². The summed E-state index contributed by atoms with van der Waals surface area (Å²) in [6.07, 6.45) is 0. The van der Waals surface area contributed by atoms with Gasteiger partial charge in [-0.25, -0.2) is 4.79 Å². The molecule has 0 aliphatic heterocycles. The molecule has 6 heteroatoms. The van der Waals surface area contributed by atoms with Crippen molar-refractivity contribution in [3.63, 3.8) is 0 Å². The molecule has 0 radical (unpaired) electrons. The summed E-state index contributed by atoms with van der Waals surface area (Å²) in [7, 11) is -2.98. The fourth-order valence-electron chi connectivity index (χ4n) is 1.83. The predicted molar refractivity (Wildman–Crippen MR) is 86.8 cm³/mol. The topological polar surface area (TPSA) is 54.0 Å². The summed E-state index contributed by atoms with van der Waals surface area (Å²) in [6.45, 7) is 10.2. The second-order valence-corrected chi connectivity index (χ2v) is 7.11. The van der Waals surface area contributed by atoms with Crippen LogP contribution >= 0.6 is 0 Å². The Bertz CT molecular complexity index is 469. The number of carbonyl (C=O) groups excluding carboxylic acids is 1. The average molecular weight is 324 g/mol. The van der Waals surface area contributed by atoms with Crippen LogP contribution in [0.25, 0.3) is 0 Å². The van der Waals surface area contributed by atoms with Crippen LogP contribution in [-0.2, 0) is 22.8 Å². The molecule has 1 aromatic rings. The highest BCUT2D eigenvalue weighted by atomic mass is 28.4. The summed E-state index contributed by atoms with van der Waals surface area (Å²) in [5, 5.41) is 0.893. The number of rotatable bonds is 10. The van der Waals surface area contributed by atoms with Crippen molar-refractivity contribution in [1.29, 1.82) is 0 Å². The Morgan fingerprint density at radius 3 is 2.14 bits per heavy atom. The van der Waals surface area contributed by atoms with Crippen LogP contribution in [0.4, 0.5) is 0 Å². The van der Waals surface area contributed by atoms with E-state index in [1.807, 2.05) is 44.2 Å². The average Bonchev–Trinajstić information content (AvgIpc) is 2.52. The van der Waals surface area contributed by atoms with Crippen LogP contribution in [0.15, 0.2) is 42.5 Å². The molecule has 0 bridgehead atoms. The van der Waals surface area contributed by atoms with Crippen LogP contribution in [0.3, 0.4) is 0 Å². The molecule has 0 aliphatic rings. The van der Waals surface area contributed by atoms with E-state index < -0.39 is 14.8 Å². The van der Waals surface area contributed by atoms with Gasteiger partial charge in [-0.05, 0) is 20.8 Å². The van der Waals surface area contributed by atoms with Gasteiger partial charge in [-0.2, -0.15) is 0 Å². The fraction of sp³-hybridized carbons (Fsp3) is 0.438. The molecule has 22 heavy (non-hydrogen) atoms. The summed E-state index contributed by atoms with van der Waals surface area (Å²) >= 11 is 0. The minimum atomic E-state index is -2.98. The van der Waals surface area contributed by atoms with Crippen LogP contribution in [-0.4, -0.2) is 41.2 Å². The first kappa shape index (κ1) is 18.6. The van der Waals surface area contributed by atoms with Crippen molar-refractivity contribution in [2.75, 3.05) is 26.4 Å². The lowest BCUT2D eigenvalue weighted by Gasteiger charge is -2.29. The van der Waals surface area contributed by atoms with E-state index in [0.29, 0.717) is 18.8 Å². The highest BCUT2D eigenvalue weighted by Gasteiger charge is 2.43. The van der Waals surface area contributed by atoms with Gasteiger partial charge in [-0.15, -0.1) is 0 Å². The minimum absolute atomic E-state index is 0.132. The van der Waals surface area contributed by atoms with Gasteiger partial charge in [0.1, 0.15) is 6.61 Å². The molecular formula is C16H24O5Si. The zero-order valence-electron chi connectivity index (χ0n) is 13.5. The quantitative estimate of drug-likeness (QED) is 0.285. The van der Waals surface area contributed by atoms with E-state index in [9.17, 15) is 4.79 Å².